The summed E-state index contributed by atoms with van der Waals surface area (Å²) >= 11 is 8.48. The van der Waals surface area contributed by atoms with Crippen LogP contribution in [-0.4, -0.2) is 5.78 Å². The third kappa shape index (κ3) is 37.1. The first-order valence-electron chi connectivity index (χ1n) is 2.05. The Hall–Kier alpha value is 2.59. The average Bonchev–Trinajstić information content (AvgIpc) is 1.97. The molecule has 0 N–H and O–H groups in total. The fourth-order valence-electron chi connectivity index (χ4n) is 0. The van der Waals surface area contributed by atoms with Crippen molar-refractivity contribution in [2.24, 2.45) is 0 Å². The van der Waals surface area contributed by atoms with Gasteiger partial charge in [0.05, 0.1) is 0 Å². The second kappa shape index (κ2) is 22.4. The lowest BCUT2D eigenvalue weighted by atomic mass is 10.4. The Morgan fingerprint density at radius 2 is 1.33 bits per heavy atom. The molecule has 0 spiro atoms. The van der Waals surface area contributed by atoms with E-state index in [4.69, 9.17) is 0 Å². The molecule has 0 aliphatic carbocycles. The van der Waals surface area contributed by atoms with Gasteiger partial charge < -0.3 is 4.79 Å². The topological polar surface area (TPSA) is 17.1 Å². The number of ketones is 1. The predicted molar refractivity (Wildman–Crippen MR) is 77.1 cm³/mol. The Kier molecular flexibility index (Phi) is 43.9. The summed E-state index contributed by atoms with van der Waals surface area (Å²) in [6.45, 7) is 3.43. The summed E-state index contributed by atoms with van der Waals surface area (Å²) < 4.78 is 0. The number of halogens is 4. The molecule has 0 bridgehead atoms. The number of carbonyl (C=O) groups excluding carboxylic acids is 1. The number of rotatable bonds is 1. The fraction of sp³-hybridized carbons (Fsp3) is 0.750. The van der Waals surface area contributed by atoms with Crippen LogP contribution in [0.2, 0.25) is 0 Å². The van der Waals surface area contributed by atoms with E-state index >= 15 is 0 Å². The minimum absolute atomic E-state index is 0.255. The molecular formula is C4H8I4O. The van der Waals surface area contributed by atoms with Crippen molar-refractivity contribution in [1.29, 1.82) is 0 Å². The van der Waals surface area contributed by atoms with Gasteiger partial charge >= 0.3 is 0 Å². The first-order chi connectivity index (χ1) is 4.27. The van der Waals surface area contributed by atoms with Crippen molar-refractivity contribution in [2.75, 3.05) is 0 Å². The van der Waals surface area contributed by atoms with Gasteiger partial charge in [0, 0.05) is 80.9 Å². The maximum Gasteiger partial charge on any atom is 0.129 e. The number of hydrogen-bond donors (Lipinski definition) is 0. The van der Waals surface area contributed by atoms with Gasteiger partial charge in [-0.2, -0.15) is 0 Å². The van der Waals surface area contributed by atoms with Gasteiger partial charge in [0.1, 0.15) is 5.78 Å². The monoisotopic (exact) mass is 580 g/mol. The SMILES string of the molecule is CCC(C)=O.II.II. The Morgan fingerprint density at radius 1 is 1.22 bits per heavy atom. The van der Waals surface area contributed by atoms with E-state index < -0.39 is 0 Å². The van der Waals surface area contributed by atoms with Gasteiger partial charge in [0.2, 0.25) is 0 Å². The predicted octanol–water partition coefficient (Wildman–Crippen LogP) is 4.53. The molecule has 0 fully saturated rings. The smallest absolute Gasteiger partial charge is 0.129 e. The van der Waals surface area contributed by atoms with Crippen LogP contribution in [0.4, 0.5) is 0 Å². The number of carbonyl (C=O) groups is 1. The molecule has 0 aromatic heterocycles. The van der Waals surface area contributed by atoms with Crippen LogP contribution in [0.25, 0.3) is 0 Å². The van der Waals surface area contributed by atoms with Gasteiger partial charge in [-0.3, -0.25) is 0 Å². The van der Waals surface area contributed by atoms with Crippen molar-refractivity contribution >= 4 is 80.2 Å². The number of Topliss-reactive ketones (excluding diaryl/α,β-unsaturated/α-hetero) is 1. The molecule has 0 saturated heterocycles. The van der Waals surface area contributed by atoms with E-state index in [1.54, 1.807) is 6.92 Å². The molecule has 0 amide bonds. The highest BCUT2D eigenvalue weighted by Gasteiger charge is 1.76. The third-order valence-electron chi connectivity index (χ3n) is 0.498. The van der Waals surface area contributed by atoms with Crippen molar-refractivity contribution in [1.82, 2.24) is 0 Å². The van der Waals surface area contributed by atoms with Crippen LogP contribution >= 0.6 is 74.5 Å². The molecule has 0 radical (unpaired) electrons. The molecule has 0 aliphatic heterocycles. The molecule has 0 aromatic carbocycles. The molecule has 0 saturated carbocycles. The molecule has 1 nitrogen and oxygen atoms in total. The zero-order chi connectivity index (χ0) is 8.28. The minimum Gasteiger partial charge on any atom is -0.300 e. The summed E-state index contributed by atoms with van der Waals surface area (Å²) in [5.41, 5.74) is 0. The van der Waals surface area contributed by atoms with Crippen LogP contribution in [0.1, 0.15) is 20.3 Å². The molecule has 0 atom stereocenters. The summed E-state index contributed by atoms with van der Waals surface area (Å²) in [5.74, 6) is 0.255. The molecule has 9 heavy (non-hydrogen) atoms. The Bertz CT molecular complexity index is 47.8. The van der Waals surface area contributed by atoms with Crippen molar-refractivity contribution in [2.45, 2.75) is 20.3 Å². The fourth-order valence-corrected chi connectivity index (χ4v) is 0. The van der Waals surface area contributed by atoms with Crippen molar-refractivity contribution < 1.29 is 4.79 Å². The normalized spacial score (nSPS) is 5.56. The lowest BCUT2D eigenvalue weighted by molar-refractivity contribution is -0.116. The largest absolute Gasteiger partial charge is 0.300 e. The van der Waals surface area contributed by atoms with E-state index in [1.165, 1.54) is 0 Å². The van der Waals surface area contributed by atoms with Gasteiger partial charge in [-0.25, -0.2) is 0 Å². The third-order valence-corrected chi connectivity index (χ3v) is 0.498. The van der Waals surface area contributed by atoms with E-state index in [-0.39, 0.29) is 5.78 Å². The van der Waals surface area contributed by atoms with E-state index in [2.05, 4.69) is 74.5 Å². The molecule has 0 heterocycles. The molecule has 58 valence electrons. The number of hydrogen-bond acceptors (Lipinski definition) is 1. The van der Waals surface area contributed by atoms with Gasteiger partial charge in [-0.05, 0) is 6.92 Å². The maximum atomic E-state index is 9.81. The van der Waals surface area contributed by atoms with E-state index in [1.807, 2.05) is 6.92 Å². The molecule has 5 heteroatoms. The first kappa shape index (κ1) is 17.6. The van der Waals surface area contributed by atoms with Crippen LogP contribution in [-0.2, 0) is 4.79 Å². The van der Waals surface area contributed by atoms with Gasteiger partial charge in [-0.1, -0.05) is 6.92 Å². The lowest BCUT2D eigenvalue weighted by Crippen LogP contribution is -1.80. The summed E-state index contributed by atoms with van der Waals surface area (Å²) in [5, 5.41) is 0. The Labute approximate surface area is 103 Å². The van der Waals surface area contributed by atoms with Crippen molar-refractivity contribution in [3.8, 4) is 0 Å². The highest BCUT2D eigenvalue weighted by atomic mass is 128. The second-order valence-electron chi connectivity index (χ2n) is 1.06. The summed E-state index contributed by atoms with van der Waals surface area (Å²) in [4.78, 5) is 9.81. The zero-order valence-electron chi connectivity index (χ0n) is 5.13. The summed E-state index contributed by atoms with van der Waals surface area (Å²) in [7, 11) is 0. The molecule has 0 unspecified atom stereocenters. The maximum absolute atomic E-state index is 9.81. The van der Waals surface area contributed by atoms with Crippen LogP contribution in [0.3, 0.4) is 0 Å². The molecule has 0 rings (SSSR count). The Morgan fingerprint density at radius 3 is 1.33 bits per heavy atom. The standard InChI is InChI=1S/C4H8O.2I2/c1-3-4(2)5;2*1-2/h3H2,1-2H3;;. The highest BCUT2D eigenvalue weighted by Crippen LogP contribution is 1.89. The van der Waals surface area contributed by atoms with E-state index in [0.717, 1.165) is 0 Å². The zero-order valence-corrected chi connectivity index (χ0v) is 13.8. The molecule has 0 aromatic rings. The van der Waals surface area contributed by atoms with E-state index in [9.17, 15) is 4.79 Å². The van der Waals surface area contributed by atoms with Gasteiger partial charge in [-0.15, -0.1) is 0 Å². The summed E-state index contributed by atoms with van der Waals surface area (Å²) in [6.07, 6.45) is 0.667. The minimum atomic E-state index is 0.255. The molecule has 0 aliphatic rings. The van der Waals surface area contributed by atoms with Crippen LogP contribution in [0, 0.1) is 0 Å². The van der Waals surface area contributed by atoms with Crippen molar-refractivity contribution in [3.63, 3.8) is 0 Å². The van der Waals surface area contributed by atoms with Gasteiger partial charge in [0.15, 0.2) is 0 Å². The van der Waals surface area contributed by atoms with E-state index in [0.29, 0.717) is 6.42 Å². The molecular weight excluding hydrogens is 572 g/mol. The van der Waals surface area contributed by atoms with Crippen molar-refractivity contribution in [3.05, 3.63) is 0 Å². The van der Waals surface area contributed by atoms with Gasteiger partial charge in [0.25, 0.3) is 0 Å². The van der Waals surface area contributed by atoms with Crippen LogP contribution in [0.5, 0.6) is 0 Å². The highest BCUT2D eigenvalue weighted by molar-refractivity contribution is 15.0. The lowest BCUT2D eigenvalue weighted by Gasteiger charge is -1.71. The van der Waals surface area contributed by atoms with Crippen LogP contribution < -0.4 is 0 Å². The van der Waals surface area contributed by atoms with Crippen LogP contribution in [0.15, 0.2) is 0 Å². The quantitative estimate of drug-likeness (QED) is 0.418. The summed E-state index contributed by atoms with van der Waals surface area (Å²) in [6, 6.07) is 0. The Balaban J connectivity index is -0.0000000771. The first-order valence-corrected chi connectivity index (χ1v) is 14.6. The second-order valence-corrected chi connectivity index (χ2v) is 1.06. The average molecular weight is 580 g/mol.